The van der Waals surface area contributed by atoms with Crippen LogP contribution in [0.2, 0.25) is 0 Å². The van der Waals surface area contributed by atoms with Gasteiger partial charge in [-0.1, -0.05) is 0 Å². The van der Waals surface area contributed by atoms with Gasteiger partial charge < -0.3 is 15.2 Å². The Kier molecular flexibility index (Phi) is 5.77. The van der Waals surface area contributed by atoms with Crippen LogP contribution < -0.4 is 5.32 Å². The smallest absolute Gasteiger partial charge is 0.251 e. The maximum Gasteiger partial charge on any atom is 0.251 e. The molecule has 0 spiro atoms. The SMILES string of the molecule is N#Cc1cc(C(=O)NCCOCCO)ccc1F. The Balaban J connectivity index is 2.49. The molecule has 1 aromatic carbocycles. The van der Waals surface area contributed by atoms with Crippen LogP contribution in [0.15, 0.2) is 18.2 Å². The van der Waals surface area contributed by atoms with E-state index < -0.39 is 11.7 Å². The van der Waals surface area contributed by atoms with Gasteiger partial charge in [-0.3, -0.25) is 4.79 Å². The number of benzene rings is 1. The molecule has 96 valence electrons. The summed E-state index contributed by atoms with van der Waals surface area (Å²) in [6.45, 7) is 0.694. The Morgan fingerprint density at radius 3 is 2.94 bits per heavy atom. The van der Waals surface area contributed by atoms with E-state index >= 15 is 0 Å². The maximum atomic E-state index is 13.0. The minimum Gasteiger partial charge on any atom is -0.394 e. The van der Waals surface area contributed by atoms with Crippen molar-refractivity contribution >= 4 is 5.91 Å². The van der Waals surface area contributed by atoms with Crippen molar-refractivity contribution in [1.82, 2.24) is 5.32 Å². The van der Waals surface area contributed by atoms with Crippen LogP contribution in [0.5, 0.6) is 0 Å². The summed E-state index contributed by atoms with van der Waals surface area (Å²) in [5.74, 6) is -1.06. The Morgan fingerprint density at radius 1 is 1.50 bits per heavy atom. The topological polar surface area (TPSA) is 82.4 Å². The number of aliphatic hydroxyl groups excluding tert-OH is 1. The third kappa shape index (κ3) is 4.13. The quantitative estimate of drug-likeness (QED) is 0.719. The highest BCUT2D eigenvalue weighted by Crippen LogP contribution is 2.09. The number of aliphatic hydroxyl groups is 1. The predicted molar refractivity (Wildman–Crippen MR) is 61.4 cm³/mol. The van der Waals surface area contributed by atoms with Crippen LogP contribution in [0.3, 0.4) is 0 Å². The zero-order valence-electron chi connectivity index (χ0n) is 9.65. The minimum atomic E-state index is -0.652. The zero-order chi connectivity index (χ0) is 13.4. The lowest BCUT2D eigenvalue weighted by atomic mass is 10.1. The Bertz CT molecular complexity index is 457. The average molecular weight is 252 g/mol. The van der Waals surface area contributed by atoms with E-state index in [4.69, 9.17) is 15.1 Å². The molecule has 0 saturated carbocycles. The largest absolute Gasteiger partial charge is 0.394 e. The molecule has 0 bridgehead atoms. The summed E-state index contributed by atoms with van der Waals surface area (Å²) in [5, 5.41) is 19.6. The van der Waals surface area contributed by atoms with Gasteiger partial charge in [-0.2, -0.15) is 5.26 Å². The lowest BCUT2D eigenvalue weighted by Crippen LogP contribution is -2.27. The van der Waals surface area contributed by atoms with Gasteiger partial charge in [0, 0.05) is 12.1 Å². The first-order valence-corrected chi connectivity index (χ1v) is 5.35. The molecule has 0 fully saturated rings. The van der Waals surface area contributed by atoms with E-state index in [9.17, 15) is 9.18 Å². The van der Waals surface area contributed by atoms with Crippen molar-refractivity contribution < 1.29 is 19.0 Å². The number of nitriles is 1. The average Bonchev–Trinajstić information content (AvgIpc) is 2.38. The summed E-state index contributed by atoms with van der Waals surface area (Å²) in [4.78, 5) is 11.6. The Labute approximate surface area is 104 Å². The fraction of sp³-hybridized carbons (Fsp3) is 0.333. The first kappa shape index (κ1) is 14.1. The summed E-state index contributed by atoms with van der Waals surface area (Å²) in [6, 6.07) is 5.25. The molecule has 0 aliphatic rings. The molecule has 0 aliphatic carbocycles. The van der Waals surface area contributed by atoms with E-state index in [-0.39, 0.29) is 37.5 Å². The lowest BCUT2D eigenvalue weighted by Gasteiger charge is -2.06. The van der Waals surface area contributed by atoms with E-state index in [0.717, 1.165) is 6.07 Å². The summed E-state index contributed by atoms with van der Waals surface area (Å²) >= 11 is 0. The Morgan fingerprint density at radius 2 is 2.28 bits per heavy atom. The molecule has 1 rings (SSSR count). The predicted octanol–water partition coefficient (Wildman–Crippen LogP) is 0.436. The molecule has 1 amide bonds. The van der Waals surface area contributed by atoms with Gasteiger partial charge in [-0.15, -0.1) is 0 Å². The van der Waals surface area contributed by atoms with E-state index in [2.05, 4.69) is 5.32 Å². The first-order chi connectivity index (χ1) is 8.69. The van der Waals surface area contributed by atoms with Crippen LogP contribution in [0, 0.1) is 17.1 Å². The number of hydrogen-bond donors (Lipinski definition) is 2. The molecular formula is C12H13FN2O3. The van der Waals surface area contributed by atoms with Gasteiger partial charge in [-0.05, 0) is 18.2 Å². The highest BCUT2D eigenvalue weighted by molar-refractivity contribution is 5.94. The second-order valence-corrected chi connectivity index (χ2v) is 3.40. The molecule has 6 heteroatoms. The van der Waals surface area contributed by atoms with Gasteiger partial charge in [-0.25, -0.2) is 4.39 Å². The number of ether oxygens (including phenoxy) is 1. The normalized spacial score (nSPS) is 9.83. The van der Waals surface area contributed by atoms with Gasteiger partial charge in [0.25, 0.3) is 5.91 Å². The molecule has 5 nitrogen and oxygen atoms in total. The number of rotatable bonds is 6. The molecule has 0 atom stereocenters. The zero-order valence-corrected chi connectivity index (χ0v) is 9.65. The van der Waals surface area contributed by atoms with Crippen molar-refractivity contribution in [3.63, 3.8) is 0 Å². The summed E-state index contributed by atoms with van der Waals surface area (Å²) in [6.07, 6.45) is 0. The summed E-state index contributed by atoms with van der Waals surface area (Å²) in [5.41, 5.74) is 0.0503. The molecule has 0 unspecified atom stereocenters. The summed E-state index contributed by atoms with van der Waals surface area (Å²) < 4.78 is 18.0. The van der Waals surface area contributed by atoms with Crippen molar-refractivity contribution in [1.29, 1.82) is 5.26 Å². The maximum absolute atomic E-state index is 13.0. The van der Waals surface area contributed by atoms with E-state index in [1.54, 1.807) is 6.07 Å². The monoisotopic (exact) mass is 252 g/mol. The number of amides is 1. The van der Waals surface area contributed by atoms with Gasteiger partial charge >= 0.3 is 0 Å². The van der Waals surface area contributed by atoms with E-state index in [0.29, 0.717) is 0 Å². The van der Waals surface area contributed by atoms with Crippen LogP contribution in [-0.4, -0.2) is 37.4 Å². The van der Waals surface area contributed by atoms with Crippen LogP contribution >= 0.6 is 0 Å². The fourth-order valence-electron chi connectivity index (χ4n) is 1.26. The lowest BCUT2D eigenvalue weighted by molar-refractivity contribution is 0.0838. The molecule has 1 aromatic rings. The standard InChI is InChI=1S/C12H13FN2O3/c13-11-2-1-9(7-10(11)8-14)12(17)15-3-5-18-6-4-16/h1-2,7,16H,3-6H2,(H,15,17). The molecule has 0 aromatic heterocycles. The van der Waals surface area contributed by atoms with Gasteiger partial charge in [0.2, 0.25) is 0 Å². The van der Waals surface area contributed by atoms with Gasteiger partial charge in [0.15, 0.2) is 0 Å². The van der Waals surface area contributed by atoms with Crippen molar-refractivity contribution in [2.24, 2.45) is 0 Å². The molecular weight excluding hydrogens is 239 g/mol. The van der Waals surface area contributed by atoms with Gasteiger partial charge in [0.1, 0.15) is 11.9 Å². The number of nitrogens with one attached hydrogen (secondary N) is 1. The highest BCUT2D eigenvalue weighted by atomic mass is 19.1. The van der Waals surface area contributed by atoms with Crippen molar-refractivity contribution in [3.05, 3.63) is 35.1 Å². The van der Waals surface area contributed by atoms with Crippen LogP contribution in [0.25, 0.3) is 0 Å². The first-order valence-electron chi connectivity index (χ1n) is 5.35. The number of hydrogen-bond acceptors (Lipinski definition) is 4. The van der Waals surface area contributed by atoms with E-state index in [1.807, 2.05) is 0 Å². The second-order valence-electron chi connectivity index (χ2n) is 3.40. The van der Waals surface area contributed by atoms with Crippen molar-refractivity contribution in [2.45, 2.75) is 0 Å². The van der Waals surface area contributed by atoms with Gasteiger partial charge in [0.05, 0.1) is 25.4 Å². The molecule has 18 heavy (non-hydrogen) atoms. The third-order valence-electron chi connectivity index (χ3n) is 2.12. The van der Waals surface area contributed by atoms with Crippen LogP contribution in [0.4, 0.5) is 4.39 Å². The van der Waals surface area contributed by atoms with E-state index in [1.165, 1.54) is 12.1 Å². The third-order valence-corrected chi connectivity index (χ3v) is 2.12. The fourth-order valence-corrected chi connectivity index (χ4v) is 1.26. The van der Waals surface area contributed by atoms with Crippen molar-refractivity contribution in [3.8, 4) is 6.07 Å². The van der Waals surface area contributed by atoms with Crippen molar-refractivity contribution in [2.75, 3.05) is 26.4 Å². The second kappa shape index (κ2) is 7.37. The number of carbonyl (C=O) groups is 1. The Hall–Kier alpha value is -1.97. The number of nitrogens with zero attached hydrogens (tertiary/aromatic N) is 1. The molecule has 0 heterocycles. The molecule has 0 aliphatic heterocycles. The highest BCUT2D eigenvalue weighted by Gasteiger charge is 2.08. The molecule has 2 N–H and O–H groups in total. The minimum absolute atomic E-state index is 0.0720. The molecule has 0 saturated heterocycles. The molecule has 0 radical (unpaired) electrons. The van der Waals surface area contributed by atoms with Crippen LogP contribution in [0.1, 0.15) is 15.9 Å². The van der Waals surface area contributed by atoms with Crippen LogP contribution in [-0.2, 0) is 4.74 Å². The number of carbonyl (C=O) groups excluding carboxylic acids is 1. The summed E-state index contributed by atoms with van der Waals surface area (Å²) in [7, 11) is 0. The number of halogens is 1.